The topological polar surface area (TPSA) is 44.1 Å². The van der Waals surface area contributed by atoms with E-state index >= 15 is 0 Å². The zero-order valence-corrected chi connectivity index (χ0v) is 9.91. The molecule has 0 aromatic carbocycles. The Labute approximate surface area is 94.2 Å². The van der Waals surface area contributed by atoms with Crippen LogP contribution in [0.2, 0.25) is 5.02 Å². The van der Waals surface area contributed by atoms with Gasteiger partial charge in [-0.2, -0.15) is 5.10 Å². The summed E-state index contributed by atoms with van der Waals surface area (Å²) < 4.78 is 6.44. The van der Waals surface area contributed by atoms with Crippen molar-refractivity contribution in [3.63, 3.8) is 0 Å². The number of hydrogen-bond acceptors (Lipinski definition) is 3. The number of carbonyl (C=O) groups is 1. The minimum atomic E-state index is -0.428. The van der Waals surface area contributed by atoms with Crippen LogP contribution in [0.5, 0.6) is 0 Å². The molecule has 0 radical (unpaired) electrons. The Bertz CT molecular complexity index is 349. The number of hydrogen-bond donors (Lipinski definition) is 0. The van der Waals surface area contributed by atoms with Gasteiger partial charge in [-0.25, -0.2) is 4.79 Å². The minimum absolute atomic E-state index is 0.292. The van der Waals surface area contributed by atoms with Crippen molar-refractivity contribution in [2.45, 2.75) is 33.2 Å². The zero-order chi connectivity index (χ0) is 11.4. The fraction of sp³-hybridized carbons (Fsp3) is 0.600. The summed E-state index contributed by atoms with van der Waals surface area (Å²) in [4.78, 5) is 11.4. The highest BCUT2D eigenvalue weighted by Gasteiger charge is 2.18. The van der Waals surface area contributed by atoms with Gasteiger partial charge < -0.3 is 4.74 Å². The van der Waals surface area contributed by atoms with Gasteiger partial charge in [0.2, 0.25) is 0 Å². The van der Waals surface area contributed by atoms with Gasteiger partial charge in [-0.15, -0.1) is 0 Å². The number of carbonyl (C=O) groups excluding carboxylic acids is 1. The van der Waals surface area contributed by atoms with E-state index < -0.39 is 6.04 Å². The molecule has 5 heteroatoms. The summed E-state index contributed by atoms with van der Waals surface area (Å²) in [6.07, 6.45) is 2.41. The summed E-state index contributed by atoms with van der Waals surface area (Å²) in [5.41, 5.74) is 0.799. The third-order valence-electron chi connectivity index (χ3n) is 2.12. The predicted octanol–water partition coefficient (Wildman–Crippen LogP) is 2.22. The molecule has 1 heterocycles. The van der Waals surface area contributed by atoms with Crippen LogP contribution in [-0.4, -0.2) is 22.4 Å². The maximum Gasteiger partial charge on any atom is 0.330 e. The molecule has 0 aliphatic rings. The quantitative estimate of drug-likeness (QED) is 0.745. The van der Waals surface area contributed by atoms with Crippen LogP contribution in [0, 0.1) is 0 Å². The van der Waals surface area contributed by atoms with Crippen LogP contribution in [0.1, 0.15) is 32.5 Å². The molecule has 84 valence electrons. The van der Waals surface area contributed by atoms with Crippen molar-refractivity contribution < 1.29 is 9.53 Å². The minimum Gasteiger partial charge on any atom is -0.464 e. The van der Waals surface area contributed by atoms with Crippen LogP contribution < -0.4 is 0 Å². The third kappa shape index (κ3) is 2.72. The number of esters is 1. The predicted molar refractivity (Wildman–Crippen MR) is 58.0 cm³/mol. The van der Waals surface area contributed by atoms with Crippen LogP contribution >= 0.6 is 11.6 Å². The average Bonchev–Trinajstić information content (AvgIpc) is 2.59. The van der Waals surface area contributed by atoms with Crippen molar-refractivity contribution in [2.75, 3.05) is 6.61 Å². The van der Waals surface area contributed by atoms with Crippen LogP contribution in [0.15, 0.2) is 6.20 Å². The second kappa shape index (κ2) is 5.16. The summed E-state index contributed by atoms with van der Waals surface area (Å²) in [5, 5.41) is 4.81. The highest BCUT2D eigenvalue weighted by atomic mass is 35.5. The fourth-order valence-corrected chi connectivity index (χ4v) is 1.49. The first-order chi connectivity index (χ1) is 7.10. The molecule has 1 aromatic rings. The molecule has 0 aliphatic heterocycles. The zero-order valence-electron chi connectivity index (χ0n) is 9.16. The Balaban J connectivity index is 2.81. The summed E-state index contributed by atoms with van der Waals surface area (Å²) in [6.45, 7) is 5.85. The molecule has 0 fully saturated rings. The average molecular weight is 231 g/mol. The Kier molecular flexibility index (Phi) is 4.15. The number of halogens is 1. The summed E-state index contributed by atoms with van der Waals surface area (Å²) in [6, 6.07) is -0.428. The lowest BCUT2D eigenvalue weighted by atomic mass is 10.3. The van der Waals surface area contributed by atoms with Gasteiger partial charge in [0.25, 0.3) is 0 Å². The van der Waals surface area contributed by atoms with E-state index in [1.807, 2.05) is 6.92 Å². The highest BCUT2D eigenvalue weighted by molar-refractivity contribution is 6.31. The molecular formula is C10H15ClN2O2. The molecule has 1 unspecified atom stereocenters. The highest BCUT2D eigenvalue weighted by Crippen LogP contribution is 2.17. The van der Waals surface area contributed by atoms with E-state index in [1.165, 1.54) is 0 Å². The van der Waals surface area contributed by atoms with Gasteiger partial charge in [0.05, 0.1) is 17.3 Å². The maximum atomic E-state index is 11.4. The maximum absolute atomic E-state index is 11.4. The van der Waals surface area contributed by atoms with Crippen molar-refractivity contribution in [2.24, 2.45) is 0 Å². The van der Waals surface area contributed by atoms with E-state index in [4.69, 9.17) is 16.3 Å². The molecular weight excluding hydrogens is 216 g/mol. The SMILES string of the molecule is CCOC(=O)C(C)n1cc(Cl)c(CC)n1. The van der Waals surface area contributed by atoms with Gasteiger partial charge in [-0.3, -0.25) is 4.68 Å². The van der Waals surface area contributed by atoms with Crippen molar-refractivity contribution in [1.29, 1.82) is 0 Å². The monoisotopic (exact) mass is 230 g/mol. The Morgan fingerprint density at radius 1 is 1.67 bits per heavy atom. The van der Waals surface area contributed by atoms with Gasteiger partial charge >= 0.3 is 5.97 Å². The largest absolute Gasteiger partial charge is 0.464 e. The van der Waals surface area contributed by atoms with Crippen molar-refractivity contribution in [1.82, 2.24) is 9.78 Å². The summed E-state index contributed by atoms with van der Waals surface area (Å²) >= 11 is 5.94. The lowest BCUT2D eigenvalue weighted by Gasteiger charge is -2.10. The van der Waals surface area contributed by atoms with E-state index in [0.29, 0.717) is 11.6 Å². The first kappa shape index (κ1) is 12.0. The molecule has 1 aromatic heterocycles. The van der Waals surface area contributed by atoms with Crippen LogP contribution in [0.25, 0.3) is 0 Å². The van der Waals surface area contributed by atoms with Crippen molar-refractivity contribution in [3.8, 4) is 0 Å². The number of aromatic nitrogens is 2. The van der Waals surface area contributed by atoms with E-state index in [9.17, 15) is 4.79 Å². The molecule has 4 nitrogen and oxygen atoms in total. The smallest absolute Gasteiger partial charge is 0.330 e. The Morgan fingerprint density at radius 2 is 2.33 bits per heavy atom. The summed E-state index contributed by atoms with van der Waals surface area (Å²) in [7, 11) is 0. The first-order valence-electron chi connectivity index (χ1n) is 5.00. The van der Waals surface area contributed by atoms with Gasteiger partial charge in [0, 0.05) is 6.20 Å². The third-order valence-corrected chi connectivity index (χ3v) is 2.43. The molecule has 1 rings (SSSR count). The van der Waals surface area contributed by atoms with E-state index in [2.05, 4.69) is 5.10 Å². The van der Waals surface area contributed by atoms with Gasteiger partial charge in [-0.05, 0) is 20.3 Å². The molecule has 0 amide bonds. The van der Waals surface area contributed by atoms with E-state index in [1.54, 1.807) is 24.7 Å². The molecule has 0 N–H and O–H groups in total. The van der Waals surface area contributed by atoms with E-state index in [0.717, 1.165) is 12.1 Å². The number of nitrogens with zero attached hydrogens (tertiary/aromatic N) is 2. The van der Waals surface area contributed by atoms with Crippen LogP contribution in [0.4, 0.5) is 0 Å². The second-order valence-corrected chi connectivity index (χ2v) is 3.59. The molecule has 15 heavy (non-hydrogen) atoms. The van der Waals surface area contributed by atoms with E-state index in [-0.39, 0.29) is 5.97 Å². The molecule has 0 saturated heterocycles. The van der Waals surface area contributed by atoms with Crippen LogP contribution in [0.3, 0.4) is 0 Å². The summed E-state index contributed by atoms with van der Waals surface area (Å²) in [5.74, 6) is -0.292. The van der Waals surface area contributed by atoms with Crippen molar-refractivity contribution >= 4 is 17.6 Å². The van der Waals surface area contributed by atoms with Gasteiger partial charge in [0.1, 0.15) is 6.04 Å². The first-order valence-corrected chi connectivity index (χ1v) is 5.38. The van der Waals surface area contributed by atoms with Crippen LogP contribution in [-0.2, 0) is 16.0 Å². The number of rotatable bonds is 4. The standard InChI is InChI=1S/C10H15ClN2O2/c1-4-9-8(11)6-13(12-9)7(3)10(14)15-5-2/h6-7H,4-5H2,1-3H3. The molecule has 0 saturated carbocycles. The molecule has 0 aliphatic carbocycles. The number of ether oxygens (including phenoxy) is 1. The lowest BCUT2D eigenvalue weighted by molar-refractivity contribution is -0.146. The van der Waals surface area contributed by atoms with Gasteiger partial charge in [0.15, 0.2) is 0 Å². The fourth-order valence-electron chi connectivity index (χ4n) is 1.22. The van der Waals surface area contributed by atoms with Gasteiger partial charge in [-0.1, -0.05) is 18.5 Å². The molecule has 0 spiro atoms. The second-order valence-electron chi connectivity index (χ2n) is 3.19. The lowest BCUT2D eigenvalue weighted by Crippen LogP contribution is -2.19. The number of aryl methyl sites for hydroxylation is 1. The van der Waals surface area contributed by atoms with Crippen molar-refractivity contribution in [3.05, 3.63) is 16.9 Å². The Morgan fingerprint density at radius 3 is 2.80 bits per heavy atom. The molecule has 0 bridgehead atoms. The normalized spacial score (nSPS) is 12.5. The Hall–Kier alpha value is -1.03. The molecule has 1 atom stereocenters.